The van der Waals surface area contributed by atoms with E-state index < -0.39 is 0 Å². The highest BCUT2D eigenvalue weighted by molar-refractivity contribution is 5.00. The van der Waals surface area contributed by atoms with E-state index in [1.807, 2.05) is 19.9 Å². The molecule has 0 saturated heterocycles. The van der Waals surface area contributed by atoms with Gasteiger partial charge >= 0.3 is 0 Å². The molecule has 0 aliphatic rings. The van der Waals surface area contributed by atoms with Gasteiger partial charge in [0.1, 0.15) is 0 Å². The minimum absolute atomic E-state index is 0.416. The van der Waals surface area contributed by atoms with Crippen molar-refractivity contribution in [1.29, 1.82) is 5.26 Å². The summed E-state index contributed by atoms with van der Waals surface area (Å²) in [5, 5.41) is 10.9. The lowest BCUT2D eigenvalue weighted by Gasteiger charge is -2.00. The van der Waals surface area contributed by atoms with E-state index in [9.17, 15) is 0 Å². The van der Waals surface area contributed by atoms with Gasteiger partial charge in [0.15, 0.2) is 0 Å². The summed E-state index contributed by atoms with van der Waals surface area (Å²) in [4.78, 5) is 0. The first-order chi connectivity index (χ1) is 3.77. The quantitative estimate of drug-likeness (QED) is 0.539. The van der Waals surface area contributed by atoms with E-state index >= 15 is 0 Å². The molecule has 0 saturated carbocycles. The second-order valence-electron chi connectivity index (χ2n) is 1.78. The average molecular weight is 110 g/mol. The molecule has 0 atom stereocenters. The lowest BCUT2D eigenvalue weighted by Crippen LogP contribution is -2.14. The Labute approximate surface area is 49.8 Å². The van der Waals surface area contributed by atoms with Crippen LogP contribution in [0.1, 0.15) is 13.8 Å². The Morgan fingerprint density at radius 1 is 1.62 bits per heavy atom. The Kier molecular flexibility index (Phi) is 3.69. The summed E-state index contributed by atoms with van der Waals surface area (Å²) in [7, 11) is 0. The van der Waals surface area contributed by atoms with Gasteiger partial charge in [-0.2, -0.15) is 5.26 Å². The Morgan fingerprint density at radius 2 is 2.25 bits per heavy atom. The van der Waals surface area contributed by atoms with Gasteiger partial charge in [-0.1, -0.05) is 0 Å². The molecule has 0 aromatic rings. The molecule has 0 bridgehead atoms. The Balaban J connectivity index is 3.19. The molecular weight excluding hydrogens is 100 g/mol. The maximum atomic E-state index is 8.00. The topological polar surface area (TPSA) is 35.8 Å². The number of allylic oxidation sites excluding steroid dienone is 1. The molecule has 1 N–H and O–H groups in total. The molecule has 0 rings (SSSR count). The number of hydrogen-bond donors (Lipinski definition) is 1. The summed E-state index contributed by atoms with van der Waals surface area (Å²) in [6, 6.07) is 2.30. The number of hydrogen-bond acceptors (Lipinski definition) is 2. The third kappa shape index (κ3) is 5.03. The van der Waals surface area contributed by atoms with Crippen molar-refractivity contribution in [3.63, 3.8) is 0 Å². The van der Waals surface area contributed by atoms with Crippen LogP contribution in [0.5, 0.6) is 0 Å². The summed E-state index contributed by atoms with van der Waals surface area (Å²) >= 11 is 0. The van der Waals surface area contributed by atoms with Crippen LogP contribution in [-0.4, -0.2) is 6.04 Å². The highest BCUT2D eigenvalue weighted by atomic mass is 14.9. The molecule has 0 fully saturated rings. The van der Waals surface area contributed by atoms with Crippen LogP contribution in [-0.2, 0) is 0 Å². The van der Waals surface area contributed by atoms with Crippen molar-refractivity contribution < 1.29 is 0 Å². The van der Waals surface area contributed by atoms with E-state index in [0.29, 0.717) is 6.04 Å². The SMILES string of the molecule is CC(C)N/C=C\C#N. The monoisotopic (exact) mass is 110 g/mol. The maximum Gasteiger partial charge on any atom is 0.0927 e. The predicted molar refractivity (Wildman–Crippen MR) is 33.0 cm³/mol. The minimum atomic E-state index is 0.416. The van der Waals surface area contributed by atoms with Crippen LogP contribution in [0, 0.1) is 11.3 Å². The van der Waals surface area contributed by atoms with Crippen molar-refractivity contribution in [3.05, 3.63) is 12.3 Å². The Hall–Kier alpha value is -0.970. The average Bonchev–Trinajstić information content (AvgIpc) is 1.66. The van der Waals surface area contributed by atoms with Crippen LogP contribution in [0.3, 0.4) is 0 Å². The van der Waals surface area contributed by atoms with Gasteiger partial charge < -0.3 is 5.32 Å². The van der Waals surface area contributed by atoms with Gasteiger partial charge in [-0.25, -0.2) is 0 Å². The summed E-state index contributed by atoms with van der Waals surface area (Å²) < 4.78 is 0. The van der Waals surface area contributed by atoms with Crippen LogP contribution in [0.15, 0.2) is 12.3 Å². The molecule has 0 radical (unpaired) electrons. The van der Waals surface area contributed by atoms with E-state index in [4.69, 9.17) is 5.26 Å². The van der Waals surface area contributed by atoms with E-state index in [-0.39, 0.29) is 0 Å². The predicted octanol–water partition coefficient (Wildman–Crippen LogP) is 1.02. The lowest BCUT2D eigenvalue weighted by molar-refractivity contribution is 0.703. The summed E-state index contributed by atoms with van der Waals surface area (Å²) in [5.74, 6) is 0. The van der Waals surface area contributed by atoms with Crippen LogP contribution in [0.4, 0.5) is 0 Å². The smallest absolute Gasteiger partial charge is 0.0927 e. The fourth-order valence-electron chi connectivity index (χ4n) is 0.278. The standard InChI is InChI=1S/C6H10N2/c1-6(2)8-5-3-4-7/h3,5-6,8H,1-2H3/b5-3-. The fourth-order valence-corrected chi connectivity index (χ4v) is 0.278. The number of nitrogens with zero attached hydrogens (tertiary/aromatic N) is 1. The largest absolute Gasteiger partial charge is 0.388 e. The van der Waals surface area contributed by atoms with E-state index in [0.717, 1.165) is 0 Å². The third-order valence-electron chi connectivity index (χ3n) is 0.587. The Bertz CT molecular complexity index is 108. The molecule has 0 amide bonds. The first-order valence-electron chi connectivity index (χ1n) is 2.58. The molecule has 0 aromatic heterocycles. The van der Waals surface area contributed by atoms with Gasteiger partial charge in [-0.15, -0.1) is 0 Å². The van der Waals surface area contributed by atoms with Crippen molar-refractivity contribution in [2.45, 2.75) is 19.9 Å². The first-order valence-corrected chi connectivity index (χ1v) is 2.58. The van der Waals surface area contributed by atoms with Crippen LogP contribution >= 0.6 is 0 Å². The molecule has 0 unspecified atom stereocenters. The summed E-state index contributed by atoms with van der Waals surface area (Å²) in [6.45, 7) is 4.03. The van der Waals surface area contributed by atoms with E-state index in [1.165, 1.54) is 6.08 Å². The summed E-state index contributed by atoms with van der Waals surface area (Å²) in [5.41, 5.74) is 0. The summed E-state index contributed by atoms with van der Waals surface area (Å²) in [6.07, 6.45) is 3.06. The second-order valence-corrected chi connectivity index (χ2v) is 1.78. The highest BCUT2D eigenvalue weighted by Gasteiger charge is 1.80. The molecule has 44 valence electrons. The van der Waals surface area contributed by atoms with Gasteiger partial charge in [-0.3, -0.25) is 0 Å². The van der Waals surface area contributed by atoms with Crippen LogP contribution in [0.2, 0.25) is 0 Å². The van der Waals surface area contributed by atoms with Gasteiger partial charge in [0.2, 0.25) is 0 Å². The van der Waals surface area contributed by atoms with Crippen molar-refractivity contribution in [1.82, 2.24) is 5.32 Å². The van der Waals surface area contributed by atoms with Crippen molar-refractivity contribution in [2.75, 3.05) is 0 Å². The zero-order valence-corrected chi connectivity index (χ0v) is 5.18. The highest BCUT2D eigenvalue weighted by Crippen LogP contribution is 1.74. The molecule has 8 heavy (non-hydrogen) atoms. The number of nitrogens with one attached hydrogen (secondary N) is 1. The van der Waals surface area contributed by atoms with Crippen LogP contribution in [0.25, 0.3) is 0 Å². The third-order valence-corrected chi connectivity index (χ3v) is 0.587. The van der Waals surface area contributed by atoms with Crippen molar-refractivity contribution in [2.24, 2.45) is 0 Å². The van der Waals surface area contributed by atoms with Crippen molar-refractivity contribution >= 4 is 0 Å². The molecule has 2 nitrogen and oxygen atoms in total. The second kappa shape index (κ2) is 4.20. The fraction of sp³-hybridized carbons (Fsp3) is 0.500. The number of nitriles is 1. The molecule has 0 heterocycles. The molecule has 2 heteroatoms. The lowest BCUT2D eigenvalue weighted by atomic mass is 10.4. The molecule has 0 aliphatic heterocycles. The molecule has 0 spiro atoms. The van der Waals surface area contributed by atoms with Crippen molar-refractivity contribution in [3.8, 4) is 6.07 Å². The molecule has 0 aromatic carbocycles. The minimum Gasteiger partial charge on any atom is -0.388 e. The Morgan fingerprint density at radius 3 is 2.62 bits per heavy atom. The van der Waals surface area contributed by atoms with Gasteiger partial charge in [0, 0.05) is 18.3 Å². The zero-order valence-electron chi connectivity index (χ0n) is 5.18. The van der Waals surface area contributed by atoms with Gasteiger partial charge in [0.25, 0.3) is 0 Å². The first kappa shape index (κ1) is 7.03. The van der Waals surface area contributed by atoms with Crippen LogP contribution < -0.4 is 5.32 Å². The maximum absolute atomic E-state index is 8.00. The zero-order chi connectivity index (χ0) is 6.41. The van der Waals surface area contributed by atoms with E-state index in [1.54, 1.807) is 6.20 Å². The molecular formula is C6H10N2. The van der Waals surface area contributed by atoms with Gasteiger partial charge in [-0.05, 0) is 13.8 Å². The molecule has 0 aliphatic carbocycles. The number of rotatable bonds is 2. The van der Waals surface area contributed by atoms with E-state index in [2.05, 4.69) is 5.32 Å². The van der Waals surface area contributed by atoms with Gasteiger partial charge in [0.05, 0.1) is 6.07 Å². The normalized spacial score (nSPS) is 9.75.